The van der Waals surface area contributed by atoms with Crippen LogP contribution in [0.1, 0.15) is 17.0 Å². The molecule has 0 bridgehead atoms. The standard InChI is InChI=1S/C17H14ClN3O4S/c1-9-6-11(7-15-16(22)19(3)17(23)26-15)10(2)20(9)12-4-5-14(21(24)25)13(18)8-12/h4-8H,1-3H3/b15-7-. The fourth-order valence-corrected chi connectivity index (χ4v) is 3.86. The zero-order valence-corrected chi connectivity index (χ0v) is 15.7. The van der Waals surface area contributed by atoms with Gasteiger partial charge in [-0.05, 0) is 55.4 Å². The summed E-state index contributed by atoms with van der Waals surface area (Å²) >= 11 is 6.91. The molecule has 0 atom stereocenters. The predicted molar refractivity (Wildman–Crippen MR) is 101 cm³/mol. The lowest BCUT2D eigenvalue weighted by atomic mass is 10.2. The van der Waals surface area contributed by atoms with Gasteiger partial charge in [0.2, 0.25) is 0 Å². The number of imide groups is 1. The first-order valence-electron chi connectivity index (χ1n) is 7.55. The van der Waals surface area contributed by atoms with Crippen molar-refractivity contribution in [3.8, 4) is 5.69 Å². The van der Waals surface area contributed by atoms with Gasteiger partial charge >= 0.3 is 0 Å². The van der Waals surface area contributed by atoms with Gasteiger partial charge in [-0.2, -0.15) is 0 Å². The predicted octanol–water partition coefficient (Wildman–Crippen LogP) is 4.32. The van der Waals surface area contributed by atoms with E-state index < -0.39 is 4.92 Å². The van der Waals surface area contributed by atoms with E-state index >= 15 is 0 Å². The van der Waals surface area contributed by atoms with Crippen molar-refractivity contribution in [1.82, 2.24) is 9.47 Å². The van der Waals surface area contributed by atoms with Crippen molar-refractivity contribution in [2.45, 2.75) is 13.8 Å². The Hall–Kier alpha value is -2.58. The summed E-state index contributed by atoms with van der Waals surface area (Å²) in [4.78, 5) is 35.5. The molecule has 1 saturated heterocycles. The number of nitrogens with zero attached hydrogens (tertiary/aromatic N) is 3. The van der Waals surface area contributed by atoms with Gasteiger partial charge in [-0.3, -0.25) is 24.6 Å². The fourth-order valence-electron chi connectivity index (χ4n) is 2.80. The molecule has 2 amide bonds. The molecule has 7 nitrogen and oxygen atoms in total. The molecule has 1 aliphatic heterocycles. The molecule has 1 aliphatic rings. The Balaban J connectivity index is 2.05. The van der Waals surface area contributed by atoms with Gasteiger partial charge in [-0.1, -0.05) is 11.6 Å². The molecule has 0 saturated carbocycles. The number of carbonyl (C=O) groups is 2. The second-order valence-corrected chi connectivity index (χ2v) is 7.20. The minimum atomic E-state index is -0.534. The summed E-state index contributed by atoms with van der Waals surface area (Å²) in [6.07, 6.45) is 1.68. The number of likely N-dealkylation sites (N-methyl/N-ethyl adjacent to an activating group) is 1. The molecular formula is C17H14ClN3O4S. The fraction of sp³-hybridized carbons (Fsp3) is 0.176. The molecule has 2 aromatic rings. The number of rotatable bonds is 3. The molecule has 0 N–H and O–H groups in total. The molecular weight excluding hydrogens is 378 g/mol. The van der Waals surface area contributed by atoms with Gasteiger partial charge in [0.1, 0.15) is 5.02 Å². The molecule has 0 spiro atoms. The van der Waals surface area contributed by atoms with E-state index in [9.17, 15) is 19.7 Å². The average molecular weight is 392 g/mol. The summed E-state index contributed by atoms with van der Waals surface area (Å²) in [5, 5.41) is 10.7. The molecule has 1 fully saturated rings. The van der Waals surface area contributed by atoms with Crippen LogP contribution in [0, 0.1) is 24.0 Å². The smallest absolute Gasteiger partial charge is 0.293 e. The zero-order valence-electron chi connectivity index (χ0n) is 14.1. The minimum absolute atomic E-state index is 0.0497. The van der Waals surface area contributed by atoms with Crippen molar-refractivity contribution in [1.29, 1.82) is 0 Å². The van der Waals surface area contributed by atoms with E-state index in [0.717, 1.165) is 33.6 Å². The van der Waals surface area contributed by atoms with Crippen molar-refractivity contribution in [2.75, 3.05) is 7.05 Å². The van der Waals surface area contributed by atoms with E-state index in [2.05, 4.69) is 0 Å². The SMILES string of the molecule is Cc1cc(/C=C2\SC(=O)N(C)C2=O)c(C)n1-c1ccc([N+](=O)[O-])c(Cl)c1. The lowest BCUT2D eigenvalue weighted by molar-refractivity contribution is -0.384. The highest BCUT2D eigenvalue weighted by Gasteiger charge is 2.32. The van der Waals surface area contributed by atoms with Crippen LogP contribution in [0.4, 0.5) is 10.5 Å². The van der Waals surface area contributed by atoms with Gasteiger partial charge in [0.15, 0.2) is 0 Å². The Morgan fingerprint density at radius 3 is 2.46 bits per heavy atom. The van der Waals surface area contributed by atoms with Gasteiger partial charge < -0.3 is 4.57 Å². The Morgan fingerprint density at radius 2 is 1.92 bits per heavy atom. The first kappa shape index (κ1) is 18.2. The Morgan fingerprint density at radius 1 is 1.23 bits per heavy atom. The van der Waals surface area contributed by atoms with Crippen LogP contribution in [-0.2, 0) is 4.79 Å². The Kier molecular flexibility index (Phi) is 4.64. The number of nitro groups is 1. The number of hydrogen-bond donors (Lipinski definition) is 0. The van der Waals surface area contributed by atoms with Crippen molar-refractivity contribution >= 4 is 46.3 Å². The van der Waals surface area contributed by atoms with Crippen LogP contribution in [0.15, 0.2) is 29.2 Å². The highest BCUT2D eigenvalue weighted by Crippen LogP contribution is 2.33. The number of nitro benzene ring substituents is 1. The summed E-state index contributed by atoms with van der Waals surface area (Å²) in [6, 6.07) is 6.39. The summed E-state index contributed by atoms with van der Waals surface area (Å²) in [5.41, 5.74) is 3.01. The molecule has 3 rings (SSSR count). The van der Waals surface area contributed by atoms with Crippen LogP contribution < -0.4 is 0 Å². The van der Waals surface area contributed by atoms with Crippen molar-refractivity contribution in [2.24, 2.45) is 0 Å². The molecule has 2 heterocycles. The third-order valence-electron chi connectivity index (χ3n) is 4.13. The third-order valence-corrected chi connectivity index (χ3v) is 5.39. The number of thioether (sulfide) groups is 1. The molecule has 26 heavy (non-hydrogen) atoms. The zero-order chi connectivity index (χ0) is 19.2. The normalized spacial score (nSPS) is 16.0. The van der Waals surface area contributed by atoms with Crippen molar-refractivity contribution < 1.29 is 14.5 Å². The van der Waals surface area contributed by atoms with Crippen molar-refractivity contribution in [3.63, 3.8) is 0 Å². The van der Waals surface area contributed by atoms with E-state index in [0.29, 0.717) is 10.6 Å². The van der Waals surface area contributed by atoms with Crippen LogP contribution in [0.25, 0.3) is 11.8 Å². The number of aromatic nitrogens is 1. The van der Waals surface area contributed by atoms with E-state index in [1.165, 1.54) is 19.2 Å². The van der Waals surface area contributed by atoms with Crippen LogP contribution in [0.5, 0.6) is 0 Å². The number of halogens is 1. The Bertz CT molecular complexity index is 996. The monoisotopic (exact) mass is 391 g/mol. The van der Waals surface area contributed by atoms with Crippen LogP contribution in [-0.4, -0.2) is 32.6 Å². The van der Waals surface area contributed by atoms with E-state index in [-0.39, 0.29) is 21.9 Å². The maximum atomic E-state index is 12.1. The third kappa shape index (κ3) is 3.02. The highest BCUT2D eigenvalue weighted by molar-refractivity contribution is 8.18. The van der Waals surface area contributed by atoms with Crippen LogP contribution in [0.2, 0.25) is 5.02 Å². The van der Waals surface area contributed by atoms with Crippen LogP contribution >= 0.6 is 23.4 Å². The molecule has 1 aromatic heterocycles. The molecule has 0 aliphatic carbocycles. The molecule has 0 unspecified atom stereocenters. The number of carbonyl (C=O) groups excluding carboxylic acids is 2. The van der Waals surface area contributed by atoms with Crippen LogP contribution in [0.3, 0.4) is 0 Å². The maximum Gasteiger partial charge on any atom is 0.293 e. The second-order valence-electron chi connectivity index (χ2n) is 5.80. The summed E-state index contributed by atoms with van der Waals surface area (Å²) in [6.45, 7) is 3.75. The number of amides is 2. The number of benzene rings is 1. The molecule has 9 heteroatoms. The highest BCUT2D eigenvalue weighted by atomic mass is 35.5. The lowest BCUT2D eigenvalue weighted by Crippen LogP contribution is -2.22. The van der Waals surface area contributed by atoms with Gasteiger partial charge in [0.05, 0.1) is 9.83 Å². The minimum Gasteiger partial charge on any atom is -0.318 e. The Labute approximate surface area is 158 Å². The molecule has 1 aromatic carbocycles. The summed E-state index contributed by atoms with van der Waals surface area (Å²) < 4.78 is 1.89. The number of hydrogen-bond acceptors (Lipinski definition) is 5. The van der Waals surface area contributed by atoms with Gasteiger partial charge in [0, 0.05) is 30.2 Å². The van der Waals surface area contributed by atoms with E-state index in [1.54, 1.807) is 12.1 Å². The average Bonchev–Trinajstić information content (AvgIpc) is 2.98. The molecule has 0 radical (unpaired) electrons. The van der Waals surface area contributed by atoms with Gasteiger partial charge in [0.25, 0.3) is 16.8 Å². The second kappa shape index (κ2) is 6.62. The quantitative estimate of drug-likeness (QED) is 0.441. The largest absolute Gasteiger partial charge is 0.318 e. The first-order valence-corrected chi connectivity index (χ1v) is 8.75. The maximum absolute atomic E-state index is 12.1. The van der Waals surface area contributed by atoms with Gasteiger partial charge in [-0.15, -0.1) is 0 Å². The van der Waals surface area contributed by atoms with Gasteiger partial charge in [-0.25, -0.2) is 0 Å². The van der Waals surface area contributed by atoms with E-state index in [1.807, 2.05) is 24.5 Å². The number of aryl methyl sites for hydroxylation is 1. The summed E-state index contributed by atoms with van der Waals surface area (Å²) in [7, 11) is 1.45. The summed E-state index contributed by atoms with van der Waals surface area (Å²) in [5.74, 6) is -0.330. The topological polar surface area (TPSA) is 85.5 Å². The van der Waals surface area contributed by atoms with Crippen molar-refractivity contribution in [3.05, 3.63) is 61.3 Å². The van der Waals surface area contributed by atoms with E-state index in [4.69, 9.17) is 11.6 Å². The molecule has 134 valence electrons. The first-order chi connectivity index (χ1) is 12.2. The lowest BCUT2D eigenvalue weighted by Gasteiger charge is -2.10.